The molecule has 0 aromatic heterocycles. The van der Waals surface area contributed by atoms with Crippen molar-refractivity contribution in [3.05, 3.63) is 70.8 Å². The van der Waals surface area contributed by atoms with Crippen molar-refractivity contribution >= 4 is 23.9 Å². The Kier molecular flexibility index (Phi) is 7.66. The number of carbonyl (C=O) groups is 4. The summed E-state index contributed by atoms with van der Waals surface area (Å²) >= 11 is 0. The summed E-state index contributed by atoms with van der Waals surface area (Å²) in [5.41, 5.74) is -0.0162. The van der Waals surface area contributed by atoms with Crippen LogP contribution >= 0.6 is 0 Å². The van der Waals surface area contributed by atoms with Crippen molar-refractivity contribution in [3.63, 3.8) is 0 Å². The maximum absolute atomic E-state index is 12.5. The quantitative estimate of drug-likeness (QED) is 0.445. The summed E-state index contributed by atoms with van der Waals surface area (Å²) in [7, 11) is 0. The van der Waals surface area contributed by atoms with Gasteiger partial charge in [0, 0.05) is 23.7 Å². The molecule has 2 aromatic carbocycles. The molecule has 0 spiro atoms. The van der Waals surface area contributed by atoms with Gasteiger partial charge in [-0.1, -0.05) is 52.0 Å². The number of benzene rings is 2. The van der Waals surface area contributed by atoms with Crippen LogP contribution in [-0.4, -0.2) is 95.1 Å². The van der Waals surface area contributed by atoms with E-state index in [0.29, 0.717) is 0 Å². The van der Waals surface area contributed by atoms with E-state index in [4.69, 9.17) is 28.4 Å². The minimum Gasteiger partial charge on any atom is -0.478 e. The second-order valence-corrected chi connectivity index (χ2v) is 13.1. The van der Waals surface area contributed by atoms with Crippen molar-refractivity contribution < 1.29 is 57.8 Å². The lowest BCUT2D eigenvalue weighted by atomic mass is 9.87. The Morgan fingerprint density at radius 3 is 1.13 bits per heavy atom. The monoisotopic (exact) mass is 636 g/mol. The van der Waals surface area contributed by atoms with Crippen molar-refractivity contribution in [3.8, 4) is 0 Å². The van der Waals surface area contributed by atoms with Gasteiger partial charge in [0.1, 0.15) is 24.4 Å². The third-order valence-electron chi connectivity index (χ3n) is 10.6. The van der Waals surface area contributed by atoms with Crippen LogP contribution < -0.4 is 0 Å². The molecule has 0 aliphatic carbocycles. The fourth-order valence-electron chi connectivity index (χ4n) is 8.32. The largest absolute Gasteiger partial charge is 0.478 e. The summed E-state index contributed by atoms with van der Waals surface area (Å²) < 4.78 is 35.2. The zero-order chi connectivity index (χ0) is 32.6. The van der Waals surface area contributed by atoms with Gasteiger partial charge in [0.15, 0.2) is 12.2 Å². The van der Waals surface area contributed by atoms with Gasteiger partial charge < -0.3 is 38.6 Å². The van der Waals surface area contributed by atoms with E-state index in [2.05, 4.69) is 13.8 Å². The van der Waals surface area contributed by atoms with E-state index >= 15 is 0 Å². The van der Waals surface area contributed by atoms with Crippen LogP contribution in [0.5, 0.6) is 0 Å². The number of aromatic carboxylic acids is 2. The minimum atomic E-state index is -1.15. The number of ether oxygens (including phenoxy) is 6. The molecule has 12 heteroatoms. The van der Waals surface area contributed by atoms with Crippen LogP contribution in [-0.2, 0) is 28.4 Å². The van der Waals surface area contributed by atoms with Gasteiger partial charge in [-0.25, -0.2) is 19.2 Å². The van der Waals surface area contributed by atoms with Crippen LogP contribution in [0.4, 0.5) is 0 Å². The van der Waals surface area contributed by atoms with Crippen molar-refractivity contribution in [1.82, 2.24) is 0 Å². The van der Waals surface area contributed by atoms with Gasteiger partial charge >= 0.3 is 23.9 Å². The van der Waals surface area contributed by atoms with Gasteiger partial charge in [0.05, 0.1) is 46.7 Å². The van der Waals surface area contributed by atoms with Crippen LogP contribution in [0, 0.1) is 23.7 Å². The van der Waals surface area contributed by atoms with E-state index in [1.807, 2.05) is 13.8 Å². The summed E-state index contributed by atoms with van der Waals surface area (Å²) in [4.78, 5) is 47.4. The molecular weight excluding hydrogens is 600 g/mol. The van der Waals surface area contributed by atoms with Gasteiger partial charge in [-0.3, -0.25) is 0 Å². The lowest BCUT2D eigenvalue weighted by Gasteiger charge is -2.38. The smallest absolute Gasteiger partial charge is 0.339 e. The van der Waals surface area contributed by atoms with Gasteiger partial charge in [-0.05, 0) is 24.3 Å². The molecule has 8 heterocycles. The number of carbonyl (C=O) groups excluding carboxylic acids is 2. The average Bonchev–Trinajstić information content (AvgIpc) is 3.68. The number of carboxylic acid groups (broad SMARTS) is 2. The summed E-state index contributed by atoms with van der Waals surface area (Å²) in [5.74, 6) is -2.74. The number of esters is 2. The van der Waals surface area contributed by atoms with Crippen molar-refractivity contribution in [2.75, 3.05) is 0 Å². The zero-order valence-corrected chi connectivity index (χ0v) is 25.7. The van der Waals surface area contributed by atoms with E-state index in [9.17, 15) is 29.4 Å². The molecule has 244 valence electrons. The van der Waals surface area contributed by atoms with E-state index in [1.165, 1.54) is 24.3 Å². The Hall–Kier alpha value is -3.84. The van der Waals surface area contributed by atoms with Gasteiger partial charge in [-0.15, -0.1) is 0 Å². The summed E-state index contributed by atoms with van der Waals surface area (Å²) in [6.45, 7) is 8.25. The topological polar surface area (TPSA) is 164 Å². The predicted molar refractivity (Wildman–Crippen MR) is 157 cm³/mol. The van der Waals surface area contributed by atoms with Gasteiger partial charge in [0.25, 0.3) is 0 Å². The maximum atomic E-state index is 12.5. The molecule has 0 radical (unpaired) electrons. The lowest BCUT2D eigenvalue weighted by Crippen LogP contribution is -2.49. The molecule has 8 bridgehead atoms. The van der Waals surface area contributed by atoms with Crippen LogP contribution in [0.3, 0.4) is 0 Å². The van der Waals surface area contributed by atoms with Crippen molar-refractivity contribution in [2.24, 2.45) is 23.7 Å². The highest BCUT2D eigenvalue weighted by Crippen LogP contribution is 2.52. The number of hydrogen-bond acceptors (Lipinski definition) is 10. The fraction of sp³-hybridized carbons (Fsp3) is 0.529. The zero-order valence-electron chi connectivity index (χ0n) is 25.7. The summed E-state index contributed by atoms with van der Waals surface area (Å²) in [6.07, 6.45) is -1.63. The van der Waals surface area contributed by atoms with E-state index < -0.39 is 36.1 Å². The van der Waals surface area contributed by atoms with Crippen LogP contribution in [0.1, 0.15) is 69.1 Å². The molecule has 12 nitrogen and oxygen atoms in total. The lowest BCUT2D eigenvalue weighted by molar-refractivity contribution is -0.152. The third-order valence-corrected chi connectivity index (χ3v) is 10.6. The summed E-state index contributed by atoms with van der Waals surface area (Å²) in [6, 6.07) is 12.1. The molecule has 8 fully saturated rings. The Labute approximate surface area is 264 Å². The normalized spacial score (nSPS) is 40.3. The first kappa shape index (κ1) is 30.8. The third kappa shape index (κ3) is 4.73. The molecule has 2 aromatic rings. The molecule has 1 unspecified atom stereocenters. The number of rotatable bonds is 6. The number of hydrogen-bond donors (Lipinski definition) is 2. The molecule has 0 saturated carbocycles. The van der Waals surface area contributed by atoms with Gasteiger partial charge in [0.2, 0.25) is 0 Å². The minimum absolute atomic E-state index is 0.0475. The van der Waals surface area contributed by atoms with Crippen molar-refractivity contribution in [1.29, 1.82) is 0 Å². The van der Waals surface area contributed by atoms with Crippen LogP contribution in [0.15, 0.2) is 48.5 Å². The highest BCUT2D eigenvalue weighted by Gasteiger charge is 2.66. The van der Waals surface area contributed by atoms with Gasteiger partial charge in [-0.2, -0.15) is 0 Å². The van der Waals surface area contributed by atoms with E-state index in [-0.39, 0.29) is 94.8 Å². The standard InChI is InChI=1S/2C17H18O6/c2*1-7-11-8(2)13-15(14(21-11)12(7)22-13)23-17(20)10-6-4-3-5-9(10)16(18)19/h2*3-8,11-15H,1-2H3,(H,18,19)/t7-,8+,11?,12+,13-,14-,15-;7-,8+,11+,12+,13-,14-,15-/m01/s1. The first-order chi connectivity index (χ1) is 22.0. The number of carboxylic acids is 2. The predicted octanol–water partition coefficient (Wildman–Crippen LogP) is 3.46. The Morgan fingerprint density at radius 2 is 0.783 bits per heavy atom. The molecule has 8 aliphatic rings. The fourth-order valence-corrected chi connectivity index (χ4v) is 8.32. The second-order valence-electron chi connectivity index (χ2n) is 13.1. The Balaban J connectivity index is 0.000000147. The highest BCUT2D eigenvalue weighted by atomic mass is 16.7. The second kappa shape index (κ2) is 11.4. The molecule has 46 heavy (non-hydrogen) atoms. The van der Waals surface area contributed by atoms with Crippen LogP contribution in [0.25, 0.3) is 0 Å². The average molecular weight is 637 g/mol. The summed E-state index contributed by atoms with van der Waals surface area (Å²) in [5, 5.41) is 18.4. The van der Waals surface area contributed by atoms with Crippen LogP contribution in [0.2, 0.25) is 0 Å². The molecular formula is C34H36O12. The SMILES string of the molecule is C[C@@H]1C2O[C@@H]3[C@@H](OC(=O)c4ccccc4C(=O)O)[C@H]1O[C@@H]3[C@H]2C.C[C@@H]1[C@@H]2O[C@H]3[C@H](OC(=O)c4ccccc4C(=O)O)[C@H](O[C@@H]13)[C@H]2C. The maximum Gasteiger partial charge on any atom is 0.339 e. The molecule has 2 N–H and O–H groups in total. The Morgan fingerprint density at radius 1 is 0.478 bits per heavy atom. The molecule has 8 saturated heterocycles. The van der Waals surface area contributed by atoms with Crippen molar-refractivity contribution in [2.45, 2.75) is 88.7 Å². The first-order valence-electron chi connectivity index (χ1n) is 15.7. The highest BCUT2D eigenvalue weighted by molar-refractivity contribution is 6.03. The van der Waals surface area contributed by atoms with E-state index in [0.717, 1.165) is 0 Å². The molecule has 14 atom stereocenters. The molecule has 10 rings (SSSR count). The molecule has 0 amide bonds. The Bertz CT molecular complexity index is 1450. The molecule has 8 aliphatic heterocycles. The van der Waals surface area contributed by atoms with E-state index in [1.54, 1.807) is 24.3 Å². The first-order valence-corrected chi connectivity index (χ1v) is 15.7.